The first-order valence-electron chi connectivity index (χ1n) is 7.40. The van der Waals surface area contributed by atoms with Gasteiger partial charge in [-0.15, -0.1) is 0 Å². The van der Waals surface area contributed by atoms with Crippen LogP contribution in [-0.2, 0) is 0 Å². The molecule has 0 aliphatic rings. The summed E-state index contributed by atoms with van der Waals surface area (Å²) in [6.07, 6.45) is 1.69. The number of hydrogen-bond acceptors (Lipinski definition) is 3. The molecule has 0 atom stereocenters. The van der Waals surface area contributed by atoms with Crippen molar-refractivity contribution in [3.8, 4) is 17.0 Å². The molecule has 0 radical (unpaired) electrons. The van der Waals surface area contributed by atoms with Gasteiger partial charge >= 0.3 is 0 Å². The van der Waals surface area contributed by atoms with E-state index in [-0.39, 0.29) is 5.91 Å². The molecule has 1 aromatic heterocycles. The van der Waals surface area contributed by atoms with E-state index in [2.05, 4.69) is 15.5 Å². The van der Waals surface area contributed by atoms with Crippen LogP contribution in [0.2, 0.25) is 0 Å². The molecule has 5 heteroatoms. The summed E-state index contributed by atoms with van der Waals surface area (Å²) in [6.45, 7) is 2.53. The molecule has 0 aliphatic carbocycles. The van der Waals surface area contributed by atoms with Gasteiger partial charge in [0.15, 0.2) is 0 Å². The number of benzene rings is 2. The molecule has 3 rings (SSSR count). The molecule has 3 aromatic rings. The van der Waals surface area contributed by atoms with Crippen molar-refractivity contribution in [3.63, 3.8) is 0 Å². The molecule has 2 aromatic carbocycles. The molecule has 0 spiro atoms. The third kappa shape index (κ3) is 3.58. The molecule has 2 N–H and O–H groups in total. The fourth-order valence-electron chi connectivity index (χ4n) is 2.25. The quantitative estimate of drug-likeness (QED) is 0.755. The van der Waals surface area contributed by atoms with Crippen LogP contribution in [0.1, 0.15) is 17.3 Å². The van der Waals surface area contributed by atoms with Crippen LogP contribution in [0.15, 0.2) is 60.8 Å². The van der Waals surface area contributed by atoms with Gasteiger partial charge in [0, 0.05) is 23.0 Å². The number of ether oxygens (including phenoxy) is 1. The lowest BCUT2D eigenvalue weighted by molar-refractivity contribution is 0.102. The molecule has 23 heavy (non-hydrogen) atoms. The van der Waals surface area contributed by atoms with E-state index in [1.165, 1.54) is 0 Å². The van der Waals surface area contributed by atoms with Crippen LogP contribution in [0.3, 0.4) is 0 Å². The van der Waals surface area contributed by atoms with Crippen molar-refractivity contribution in [1.82, 2.24) is 10.2 Å². The van der Waals surface area contributed by atoms with Crippen LogP contribution < -0.4 is 10.1 Å². The van der Waals surface area contributed by atoms with Gasteiger partial charge in [0.05, 0.1) is 12.3 Å². The zero-order valence-corrected chi connectivity index (χ0v) is 12.7. The number of H-pyrrole nitrogens is 1. The Labute approximate surface area is 134 Å². The highest BCUT2D eigenvalue weighted by molar-refractivity contribution is 6.04. The number of amides is 1. The molecule has 0 saturated carbocycles. The summed E-state index contributed by atoms with van der Waals surface area (Å²) in [5.41, 5.74) is 3.19. The Morgan fingerprint density at radius 1 is 1.17 bits per heavy atom. The predicted molar refractivity (Wildman–Crippen MR) is 89.6 cm³/mol. The summed E-state index contributed by atoms with van der Waals surface area (Å²) in [4.78, 5) is 12.3. The second kappa shape index (κ2) is 6.79. The normalized spacial score (nSPS) is 10.3. The first kappa shape index (κ1) is 14.8. The Morgan fingerprint density at radius 2 is 2.00 bits per heavy atom. The van der Waals surface area contributed by atoms with Gasteiger partial charge in [-0.1, -0.05) is 12.1 Å². The average Bonchev–Trinajstić information content (AvgIpc) is 3.11. The molecule has 0 saturated heterocycles. The fourth-order valence-corrected chi connectivity index (χ4v) is 2.25. The van der Waals surface area contributed by atoms with Crippen LogP contribution >= 0.6 is 0 Å². The van der Waals surface area contributed by atoms with E-state index in [0.29, 0.717) is 12.2 Å². The number of carbonyl (C=O) groups is 1. The van der Waals surface area contributed by atoms with E-state index < -0.39 is 0 Å². The number of hydrogen-bond donors (Lipinski definition) is 2. The third-order valence-corrected chi connectivity index (χ3v) is 3.36. The Balaban J connectivity index is 1.73. The number of carbonyl (C=O) groups excluding carboxylic acids is 1. The lowest BCUT2D eigenvalue weighted by Gasteiger charge is -2.08. The van der Waals surface area contributed by atoms with E-state index in [4.69, 9.17) is 4.74 Å². The minimum atomic E-state index is -0.158. The predicted octanol–water partition coefficient (Wildman–Crippen LogP) is 3.73. The maximum atomic E-state index is 12.3. The van der Waals surface area contributed by atoms with E-state index in [1.807, 2.05) is 37.3 Å². The van der Waals surface area contributed by atoms with Crippen molar-refractivity contribution >= 4 is 11.6 Å². The van der Waals surface area contributed by atoms with E-state index in [9.17, 15) is 4.79 Å². The highest BCUT2D eigenvalue weighted by Gasteiger charge is 2.07. The fraction of sp³-hybridized carbons (Fsp3) is 0.111. The maximum absolute atomic E-state index is 12.3. The molecule has 0 unspecified atom stereocenters. The average molecular weight is 307 g/mol. The van der Waals surface area contributed by atoms with Crippen LogP contribution in [0.4, 0.5) is 5.69 Å². The number of anilines is 1. The van der Waals surface area contributed by atoms with Gasteiger partial charge in [0.1, 0.15) is 5.75 Å². The maximum Gasteiger partial charge on any atom is 0.255 e. The first-order valence-corrected chi connectivity index (χ1v) is 7.40. The summed E-state index contributed by atoms with van der Waals surface area (Å²) in [5, 5.41) is 9.74. The number of nitrogens with zero attached hydrogens (tertiary/aromatic N) is 1. The number of rotatable bonds is 5. The minimum absolute atomic E-state index is 0.158. The lowest BCUT2D eigenvalue weighted by Crippen LogP contribution is -2.11. The molecule has 0 bridgehead atoms. The Hall–Kier alpha value is -3.08. The SMILES string of the molecule is CCOc1ccc(C(=O)Nc2cccc(-c3ccn[nH]3)c2)cc1. The number of aromatic nitrogens is 2. The standard InChI is InChI=1S/C18H17N3O2/c1-2-23-16-8-6-13(7-9-16)18(22)20-15-5-3-4-14(12-15)17-10-11-19-21-17/h3-12H,2H2,1H3,(H,19,21)(H,20,22). The van der Waals surface area contributed by atoms with Crippen molar-refractivity contribution in [1.29, 1.82) is 0 Å². The van der Waals surface area contributed by atoms with Crippen molar-refractivity contribution in [2.45, 2.75) is 6.92 Å². The second-order valence-corrected chi connectivity index (χ2v) is 4.96. The molecular weight excluding hydrogens is 290 g/mol. The monoisotopic (exact) mass is 307 g/mol. The molecule has 0 aliphatic heterocycles. The summed E-state index contributed by atoms with van der Waals surface area (Å²) < 4.78 is 5.37. The topological polar surface area (TPSA) is 67.0 Å². The van der Waals surface area contributed by atoms with E-state index in [0.717, 1.165) is 22.7 Å². The van der Waals surface area contributed by atoms with Crippen molar-refractivity contribution < 1.29 is 9.53 Å². The summed E-state index contributed by atoms with van der Waals surface area (Å²) in [5.74, 6) is 0.597. The van der Waals surface area contributed by atoms with Crippen LogP contribution in [0, 0.1) is 0 Å². The van der Waals surface area contributed by atoms with Crippen LogP contribution in [0.25, 0.3) is 11.3 Å². The Morgan fingerprint density at radius 3 is 2.70 bits per heavy atom. The third-order valence-electron chi connectivity index (χ3n) is 3.36. The molecule has 0 fully saturated rings. The van der Waals surface area contributed by atoms with Gasteiger partial charge < -0.3 is 10.1 Å². The summed E-state index contributed by atoms with van der Waals surface area (Å²) in [6, 6.07) is 16.6. The highest BCUT2D eigenvalue weighted by Crippen LogP contribution is 2.21. The Bertz CT molecular complexity index is 780. The second-order valence-electron chi connectivity index (χ2n) is 4.96. The zero-order valence-electron chi connectivity index (χ0n) is 12.7. The van der Waals surface area contributed by atoms with Crippen LogP contribution in [0.5, 0.6) is 5.75 Å². The van der Waals surface area contributed by atoms with Crippen molar-refractivity contribution in [2.24, 2.45) is 0 Å². The van der Waals surface area contributed by atoms with Crippen molar-refractivity contribution in [2.75, 3.05) is 11.9 Å². The van der Waals surface area contributed by atoms with Gasteiger partial charge in [0.2, 0.25) is 0 Å². The van der Waals surface area contributed by atoms with Gasteiger partial charge in [0.25, 0.3) is 5.91 Å². The van der Waals surface area contributed by atoms with E-state index in [1.54, 1.807) is 30.5 Å². The largest absolute Gasteiger partial charge is 0.494 e. The zero-order chi connectivity index (χ0) is 16.1. The van der Waals surface area contributed by atoms with Crippen LogP contribution in [-0.4, -0.2) is 22.7 Å². The molecule has 5 nitrogen and oxygen atoms in total. The van der Waals surface area contributed by atoms with Gasteiger partial charge in [-0.25, -0.2) is 0 Å². The summed E-state index contributed by atoms with van der Waals surface area (Å²) in [7, 11) is 0. The molecule has 1 heterocycles. The molecule has 1 amide bonds. The number of nitrogens with one attached hydrogen (secondary N) is 2. The molecule has 116 valence electrons. The Kier molecular flexibility index (Phi) is 4.38. The number of aromatic amines is 1. The first-order chi connectivity index (χ1) is 11.3. The van der Waals surface area contributed by atoms with E-state index >= 15 is 0 Å². The van der Waals surface area contributed by atoms with Gasteiger partial charge in [-0.05, 0) is 49.4 Å². The smallest absolute Gasteiger partial charge is 0.255 e. The lowest BCUT2D eigenvalue weighted by atomic mass is 10.1. The highest BCUT2D eigenvalue weighted by atomic mass is 16.5. The minimum Gasteiger partial charge on any atom is -0.494 e. The summed E-state index contributed by atoms with van der Waals surface area (Å²) >= 11 is 0. The van der Waals surface area contributed by atoms with Gasteiger partial charge in [-0.2, -0.15) is 5.10 Å². The molecular formula is C18H17N3O2. The van der Waals surface area contributed by atoms with Gasteiger partial charge in [-0.3, -0.25) is 9.89 Å². The van der Waals surface area contributed by atoms with Crippen molar-refractivity contribution in [3.05, 3.63) is 66.4 Å².